The Hall–Kier alpha value is -1.98. The minimum atomic E-state index is -0.404. The Kier molecular flexibility index (Phi) is 5.11. The molecule has 1 aromatic carbocycles. The van der Waals surface area contributed by atoms with Gasteiger partial charge in [-0.25, -0.2) is 0 Å². The van der Waals surface area contributed by atoms with E-state index in [9.17, 15) is 9.90 Å². The van der Waals surface area contributed by atoms with Crippen molar-refractivity contribution < 1.29 is 14.6 Å². The predicted molar refractivity (Wildman–Crippen MR) is 93.2 cm³/mol. The van der Waals surface area contributed by atoms with Crippen LogP contribution in [0.3, 0.4) is 0 Å². The number of amides is 1. The van der Waals surface area contributed by atoms with E-state index in [0.717, 1.165) is 12.8 Å². The third-order valence-electron chi connectivity index (χ3n) is 4.01. The monoisotopic (exact) mass is 366 g/mol. The van der Waals surface area contributed by atoms with Crippen LogP contribution in [0.4, 0.5) is 5.69 Å². The largest absolute Gasteiger partial charge is 0.504 e. The quantitative estimate of drug-likeness (QED) is 0.815. The Morgan fingerprint density at radius 2 is 2.00 bits per heavy atom. The summed E-state index contributed by atoms with van der Waals surface area (Å²) in [5, 5.41) is 13.0. The Balaban J connectivity index is 1.74. The Morgan fingerprint density at radius 1 is 1.29 bits per heavy atom. The molecule has 1 saturated carbocycles. The Bertz CT molecular complexity index is 743. The number of halogens is 2. The molecule has 1 heterocycles. The first-order chi connectivity index (χ1) is 11.5. The first-order valence-corrected chi connectivity index (χ1v) is 8.36. The second-order valence-corrected chi connectivity index (χ2v) is 6.54. The highest BCUT2D eigenvalue weighted by Gasteiger charge is 2.19. The molecule has 1 aromatic heterocycles. The van der Waals surface area contributed by atoms with Crippen LogP contribution < -0.4 is 10.1 Å². The number of ether oxygens (including phenoxy) is 1. The van der Waals surface area contributed by atoms with Crippen LogP contribution in [-0.4, -0.2) is 22.6 Å². The summed E-state index contributed by atoms with van der Waals surface area (Å²) >= 11 is 12.0. The van der Waals surface area contributed by atoms with E-state index >= 15 is 0 Å². The minimum Gasteiger partial charge on any atom is -0.504 e. The summed E-state index contributed by atoms with van der Waals surface area (Å²) in [4.78, 5) is 16.2. The van der Waals surface area contributed by atoms with Gasteiger partial charge in [0.2, 0.25) is 0 Å². The molecule has 24 heavy (non-hydrogen) atoms. The normalized spacial score (nSPS) is 14.1. The highest BCUT2D eigenvalue weighted by Crippen LogP contribution is 2.32. The topological polar surface area (TPSA) is 71.5 Å². The lowest BCUT2D eigenvalue weighted by Crippen LogP contribution is -2.19. The SMILES string of the molecule is O=C(Nc1c(Cl)cncc1Cl)c1ccc(O)c(OCC2CCC2)c1. The number of phenolic OH excluding ortho intramolecular Hbond substituents is 1. The zero-order valence-electron chi connectivity index (χ0n) is 12.8. The van der Waals surface area contributed by atoms with Gasteiger partial charge < -0.3 is 15.2 Å². The Labute approximate surface area is 149 Å². The number of benzene rings is 1. The molecule has 0 aliphatic heterocycles. The second kappa shape index (κ2) is 7.28. The summed E-state index contributed by atoms with van der Waals surface area (Å²) < 4.78 is 5.64. The van der Waals surface area contributed by atoms with Crippen LogP contribution in [0.15, 0.2) is 30.6 Å². The number of nitrogens with zero attached hydrogens (tertiary/aromatic N) is 1. The molecule has 5 nitrogen and oxygen atoms in total. The van der Waals surface area contributed by atoms with Gasteiger partial charge in [0.05, 0.1) is 22.3 Å². The first kappa shape index (κ1) is 16.9. The summed E-state index contributed by atoms with van der Waals surface area (Å²) in [5.74, 6) is 0.419. The molecule has 3 rings (SSSR count). The minimum absolute atomic E-state index is 0.00542. The molecule has 1 fully saturated rings. The summed E-state index contributed by atoms with van der Waals surface area (Å²) in [7, 11) is 0. The molecule has 0 spiro atoms. The number of carbonyl (C=O) groups is 1. The van der Waals surface area contributed by atoms with E-state index in [1.807, 2.05) is 0 Å². The fourth-order valence-electron chi connectivity index (χ4n) is 2.35. The van der Waals surface area contributed by atoms with Gasteiger partial charge in [0.25, 0.3) is 5.91 Å². The number of rotatable bonds is 5. The molecular formula is C17H16Cl2N2O3. The highest BCUT2D eigenvalue weighted by atomic mass is 35.5. The zero-order valence-corrected chi connectivity index (χ0v) is 14.3. The lowest BCUT2D eigenvalue weighted by molar-refractivity contribution is 0.102. The predicted octanol–water partition coefficient (Wildman–Crippen LogP) is 4.53. The van der Waals surface area contributed by atoms with Crippen LogP contribution in [0.25, 0.3) is 0 Å². The van der Waals surface area contributed by atoms with E-state index in [-0.39, 0.29) is 15.8 Å². The maximum Gasteiger partial charge on any atom is 0.255 e. The van der Waals surface area contributed by atoms with Crippen LogP contribution >= 0.6 is 23.2 Å². The molecule has 0 radical (unpaired) electrons. The van der Waals surface area contributed by atoms with Gasteiger partial charge in [0.1, 0.15) is 0 Å². The molecule has 0 unspecified atom stereocenters. The highest BCUT2D eigenvalue weighted by molar-refractivity contribution is 6.39. The summed E-state index contributed by atoms with van der Waals surface area (Å²) in [6.07, 6.45) is 6.29. The molecule has 126 valence electrons. The van der Waals surface area contributed by atoms with Gasteiger partial charge in [-0.2, -0.15) is 0 Å². The number of carbonyl (C=O) groups excluding carboxylic acids is 1. The summed E-state index contributed by atoms with van der Waals surface area (Å²) in [6, 6.07) is 4.44. The van der Waals surface area contributed by atoms with Crippen molar-refractivity contribution >= 4 is 34.8 Å². The smallest absolute Gasteiger partial charge is 0.255 e. The van der Waals surface area contributed by atoms with Crippen molar-refractivity contribution in [3.63, 3.8) is 0 Å². The standard InChI is InChI=1S/C17H16Cl2N2O3/c18-12-7-20-8-13(19)16(12)21-17(23)11-4-5-14(22)15(6-11)24-9-10-2-1-3-10/h4-8,10,22H,1-3,9H2,(H,20,21,23). The number of anilines is 1. The second-order valence-electron chi connectivity index (χ2n) is 5.72. The molecule has 2 aromatic rings. The van der Waals surface area contributed by atoms with Gasteiger partial charge in [0, 0.05) is 18.0 Å². The van der Waals surface area contributed by atoms with Gasteiger partial charge in [-0.1, -0.05) is 29.6 Å². The molecule has 0 bridgehead atoms. The van der Waals surface area contributed by atoms with E-state index in [1.54, 1.807) is 0 Å². The first-order valence-electron chi connectivity index (χ1n) is 7.61. The molecule has 0 saturated heterocycles. The molecule has 1 amide bonds. The van der Waals surface area contributed by atoms with Gasteiger partial charge in [0.15, 0.2) is 11.5 Å². The number of phenols is 1. The van der Waals surface area contributed by atoms with Crippen molar-refractivity contribution in [1.29, 1.82) is 0 Å². The van der Waals surface area contributed by atoms with E-state index in [4.69, 9.17) is 27.9 Å². The van der Waals surface area contributed by atoms with Crippen molar-refractivity contribution in [2.45, 2.75) is 19.3 Å². The number of aromatic nitrogens is 1. The van der Waals surface area contributed by atoms with Gasteiger partial charge in [-0.3, -0.25) is 9.78 Å². The van der Waals surface area contributed by atoms with Crippen molar-refractivity contribution in [2.24, 2.45) is 5.92 Å². The Morgan fingerprint density at radius 3 is 2.62 bits per heavy atom. The molecule has 0 atom stereocenters. The van der Waals surface area contributed by atoms with Crippen LogP contribution in [-0.2, 0) is 0 Å². The molecule has 7 heteroatoms. The fraction of sp³-hybridized carbons (Fsp3) is 0.294. The fourth-order valence-corrected chi connectivity index (χ4v) is 2.81. The number of hydrogen-bond donors (Lipinski definition) is 2. The van der Waals surface area contributed by atoms with E-state index in [2.05, 4.69) is 10.3 Å². The number of nitrogens with one attached hydrogen (secondary N) is 1. The summed E-state index contributed by atoms with van der Waals surface area (Å²) in [5.41, 5.74) is 0.628. The van der Waals surface area contributed by atoms with Crippen molar-refractivity contribution in [3.05, 3.63) is 46.2 Å². The van der Waals surface area contributed by atoms with Crippen molar-refractivity contribution in [3.8, 4) is 11.5 Å². The number of aromatic hydroxyl groups is 1. The third-order valence-corrected chi connectivity index (χ3v) is 4.59. The maximum atomic E-state index is 12.4. The average Bonchev–Trinajstić information content (AvgIpc) is 2.51. The van der Waals surface area contributed by atoms with Crippen LogP contribution in [0.2, 0.25) is 10.0 Å². The van der Waals surface area contributed by atoms with Crippen LogP contribution in [0.1, 0.15) is 29.6 Å². The average molecular weight is 367 g/mol. The van der Waals surface area contributed by atoms with Crippen molar-refractivity contribution in [1.82, 2.24) is 4.98 Å². The molecule has 2 N–H and O–H groups in total. The third kappa shape index (κ3) is 3.74. The van der Waals surface area contributed by atoms with Gasteiger partial charge in [-0.05, 0) is 37.0 Å². The maximum absolute atomic E-state index is 12.4. The number of hydrogen-bond acceptors (Lipinski definition) is 4. The lowest BCUT2D eigenvalue weighted by Gasteiger charge is -2.25. The van der Waals surface area contributed by atoms with Gasteiger partial charge >= 0.3 is 0 Å². The van der Waals surface area contributed by atoms with E-state index in [0.29, 0.717) is 29.5 Å². The lowest BCUT2D eigenvalue weighted by atomic mass is 9.86. The molecule has 1 aliphatic carbocycles. The number of pyridine rings is 1. The summed E-state index contributed by atoms with van der Waals surface area (Å²) in [6.45, 7) is 0.542. The van der Waals surface area contributed by atoms with Crippen molar-refractivity contribution in [2.75, 3.05) is 11.9 Å². The molecule has 1 aliphatic rings. The molecular weight excluding hydrogens is 351 g/mol. The van der Waals surface area contributed by atoms with Crippen LogP contribution in [0, 0.1) is 5.92 Å². The van der Waals surface area contributed by atoms with E-state index in [1.165, 1.54) is 37.0 Å². The van der Waals surface area contributed by atoms with Gasteiger partial charge in [-0.15, -0.1) is 0 Å². The van der Waals surface area contributed by atoms with Crippen LogP contribution in [0.5, 0.6) is 11.5 Å². The zero-order chi connectivity index (χ0) is 17.1. The van der Waals surface area contributed by atoms with E-state index < -0.39 is 5.91 Å².